The van der Waals surface area contributed by atoms with Gasteiger partial charge in [0, 0.05) is 20.0 Å². The van der Waals surface area contributed by atoms with E-state index in [-0.39, 0.29) is 18.4 Å². The van der Waals surface area contributed by atoms with Crippen LogP contribution in [-0.2, 0) is 9.59 Å². The van der Waals surface area contributed by atoms with E-state index in [9.17, 15) is 9.59 Å². The van der Waals surface area contributed by atoms with Gasteiger partial charge in [-0.05, 0) is 12.8 Å². The first-order valence-corrected chi connectivity index (χ1v) is 4.10. The number of nitrogens with one attached hydrogen (secondary N) is 1. The third-order valence-corrected chi connectivity index (χ3v) is 1.86. The third-order valence-electron chi connectivity index (χ3n) is 1.86. The number of amides is 2. The Hall–Kier alpha value is -1.06. The zero-order chi connectivity index (χ0) is 9.14. The summed E-state index contributed by atoms with van der Waals surface area (Å²) in [7, 11) is 1.62. The normalized spacial score (nSPS) is 15.5. The maximum Gasteiger partial charge on any atom is 0.239 e. The van der Waals surface area contributed by atoms with E-state index >= 15 is 0 Å². The fraction of sp³-hybridized carbons (Fsp3) is 0.750. The number of hydrogen-bond acceptors (Lipinski definition) is 2. The number of nitrogens with zero attached hydrogens (tertiary/aromatic N) is 1. The van der Waals surface area contributed by atoms with Crippen LogP contribution in [-0.4, -0.2) is 36.3 Å². The molecule has 1 aliphatic rings. The maximum atomic E-state index is 11.1. The smallest absolute Gasteiger partial charge is 0.239 e. The SMILES string of the molecule is CC(=O)N(C)CC(=O)NC1CC1. The number of carbonyl (C=O) groups excluding carboxylic acids is 2. The second-order valence-corrected chi connectivity index (χ2v) is 3.22. The monoisotopic (exact) mass is 170 g/mol. The van der Waals surface area contributed by atoms with Gasteiger partial charge in [-0.15, -0.1) is 0 Å². The minimum atomic E-state index is -0.0825. The lowest BCUT2D eigenvalue weighted by molar-refractivity contribution is -0.133. The molecular weight excluding hydrogens is 156 g/mol. The molecule has 0 aliphatic heterocycles. The lowest BCUT2D eigenvalue weighted by Crippen LogP contribution is -2.38. The first kappa shape index (κ1) is 9.03. The predicted molar refractivity (Wildman–Crippen MR) is 44.5 cm³/mol. The van der Waals surface area contributed by atoms with Crippen LogP contribution < -0.4 is 5.32 Å². The molecule has 12 heavy (non-hydrogen) atoms. The van der Waals surface area contributed by atoms with Crippen molar-refractivity contribution in [2.24, 2.45) is 0 Å². The topological polar surface area (TPSA) is 49.4 Å². The van der Waals surface area contributed by atoms with E-state index in [0.717, 1.165) is 12.8 Å². The molecule has 0 aromatic rings. The first-order chi connectivity index (χ1) is 5.59. The van der Waals surface area contributed by atoms with Crippen LogP contribution in [0.2, 0.25) is 0 Å². The van der Waals surface area contributed by atoms with Crippen LogP contribution in [0.1, 0.15) is 19.8 Å². The molecule has 68 valence electrons. The Morgan fingerprint density at radius 3 is 2.50 bits per heavy atom. The molecule has 1 aliphatic carbocycles. The zero-order valence-corrected chi connectivity index (χ0v) is 7.46. The van der Waals surface area contributed by atoms with Crippen molar-refractivity contribution in [2.45, 2.75) is 25.8 Å². The van der Waals surface area contributed by atoms with Crippen molar-refractivity contribution >= 4 is 11.8 Å². The Bertz CT molecular complexity index is 199. The molecule has 0 saturated heterocycles. The number of likely N-dealkylation sites (N-methyl/N-ethyl adjacent to an activating group) is 1. The molecule has 1 rings (SSSR count). The summed E-state index contributed by atoms with van der Waals surface area (Å²) in [5.74, 6) is -0.142. The highest BCUT2D eigenvalue weighted by Gasteiger charge is 2.23. The summed E-state index contributed by atoms with van der Waals surface area (Å²) in [5, 5.41) is 2.81. The van der Waals surface area contributed by atoms with E-state index < -0.39 is 0 Å². The number of carbonyl (C=O) groups is 2. The summed E-state index contributed by atoms with van der Waals surface area (Å²) in [5.41, 5.74) is 0. The van der Waals surface area contributed by atoms with Crippen LogP contribution in [0.25, 0.3) is 0 Å². The molecular formula is C8H14N2O2. The van der Waals surface area contributed by atoms with Crippen LogP contribution in [0.3, 0.4) is 0 Å². The highest BCUT2D eigenvalue weighted by atomic mass is 16.2. The molecule has 4 heteroatoms. The van der Waals surface area contributed by atoms with Crippen LogP contribution in [0.4, 0.5) is 0 Å². The van der Waals surface area contributed by atoms with E-state index in [1.807, 2.05) is 0 Å². The molecule has 1 saturated carbocycles. The third kappa shape index (κ3) is 2.90. The molecule has 0 radical (unpaired) electrons. The molecule has 0 atom stereocenters. The van der Waals surface area contributed by atoms with E-state index in [0.29, 0.717) is 6.04 Å². The summed E-state index contributed by atoms with van der Waals surface area (Å²) in [6.45, 7) is 1.62. The van der Waals surface area contributed by atoms with Gasteiger partial charge in [-0.25, -0.2) is 0 Å². The van der Waals surface area contributed by atoms with Gasteiger partial charge in [-0.2, -0.15) is 0 Å². The largest absolute Gasteiger partial charge is 0.352 e. The molecule has 0 unspecified atom stereocenters. The summed E-state index contributed by atoms with van der Waals surface area (Å²) >= 11 is 0. The van der Waals surface area contributed by atoms with Crippen molar-refractivity contribution in [2.75, 3.05) is 13.6 Å². The quantitative estimate of drug-likeness (QED) is 0.634. The van der Waals surface area contributed by atoms with Gasteiger partial charge in [-0.3, -0.25) is 9.59 Å². The zero-order valence-electron chi connectivity index (χ0n) is 7.46. The summed E-state index contributed by atoms with van der Waals surface area (Å²) in [6.07, 6.45) is 2.16. The average molecular weight is 170 g/mol. The van der Waals surface area contributed by atoms with Crippen molar-refractivity contribution in [3.05, 3.63) is 0 Å². The lowest BCUT2D eigenvalue weighted by Gasteiger charge is -2.13. The van der Waals surface area contributed by atoms with Gasteiger partial charge < -0.3 is 10.2 Å². The molecule has 1 fully saturated rings. The minimum Gasteiger partial charge on any atom is -0.352 e. The van der Waals surface area contributed by atoms with Gasteiger partial charge in [0.1, 0.15) is 0 Å². The van der Waals surface area contributed by atoms with Crippen LogP contribution in [0.15, 0.2) is 0 Å². The summed E-state index contributed by atoms with van der Waals surface area (Å²) in [4.78, 5) is 23.2. The molecule has 0 heterocycles. The Labute approximate surface area is 71.9 Å². The van der Waals surface area contributed by atoms with Crippen LogP contribution >= 0.6 is 0 Å². The van der Waals surface area contributed by atoms with Crippen LogP contribution in [0, 0.1) is 0 Å². The van der Waals surface area contributed by atoms with E-state index in [1.165, 1.54) is 11.8 Å². The Morgan fingerprint density at radius 2 is 2.08 bits per heavy atom. The van der Waals surface area contributed by atoms with Crippen molar-refractivity contribution in [3.63, 3.8) is 0 Å². The molecule has 1 N–H and O–H groups in total. The fourth-order valence-corrected chi connectivity index (χ4v) is 0.828. The minimum absolute atomic E-state index is 0.0600. The molecule has 0 bridgehead atoms. The van der Waals surface area contributed by atoms with Gasteiger partial charge in [-0.1, -0.05) is 0 Å². The molecule has 4 nitrogen and oxygen atoms in total. The Kier molecular flexibility index (Phi) is 2.68. The van der Waals surface area contributed by atoms with Gasteiger partial charge >= 0.3 is 0 Å². The molecule has 0 aromatic carbocycles. The lowest BCUT2D eigenvalue weighted by atomic mass is 10.5. The first-order valence-electron chi connectivity index (χ1n) is 4.10. The maximum absolute atomic E-state index is 11.1. The van der Waals surface area contributed by atoms with Gasteiger partial charge in [0.05, 0.1) is 6.54 Å². The summed E-state index contributed by atoms with van der Waals surface area (Å²) < 4.78 is 0. The molecule has 0 spiro atoms. The van der Waals surface area contributed by atoms with Gasteiger partial charge in [0.25, 0.3) is 0 Å². The second kappa shape index (κ2) is 3.56. The average Bonchev–Trinajstić information content (AvgIpc) is 2.71. The highest BCUT2D eigenvalue weighted by Crippen LogP contribution is 2.18. The molecule has 2 amide bonds. The second-order valence-electron chi connectivity index (χ2n) is 3.22. The van der Waals surface area contributed by atoms with Crippen molar-refractivity contribution in [1.29, 1.82) is 0 Å². The highest BCUT2D eigenvalue weighted by molar-refractivity contribution is 5.83. The Morgan fingerprint density at radius 1 is 1.50 bits per heavy atom. The van der Waals surface area contributed by atoms with E-state index in [2.05, 4.69) is 5.32 Å². The summed E-state index contributed by atoms with van der Waals surface area (Å²) in [6, 6.07) is 0.373. The van der Waals surface area contributed by atoms with E-state index in [1.54, 1.807) is 7.05 Å². The van der Waals surface area contributed by atoms with Crippen molar-refractivity contribution in [3.8, 4) is 0 Å². The van der Waals surface area contributed by atoms with Crippen molar-refractivity contribution < 1.29 is 9.59 Å². The number of hydrogen-bond donors (Lipinski definition) is 1. The van der Waals surface area contributed by atoms with Crippen LogP contribution in [0.5, 0.6) is 0 Å². The van der Waals surface area contributed by atoms with Gasteiger partial charge in [0.2, 0.25) is 11.8 Å². The van der Waals surface area contributed by atoms with Crippen molar-refractivity contribution in [1.82, 2.24) is 10.2 Å². The van der Waals surface area contributed by atoms with Gasteiger partial charge in [0.15, 0.2) is 0 Å². The number of rotatable bonds is 3. The Balaban J connectivity index is 2.19. The molecule has 0 aromatic heterocycles. The predicted octanol–water partition coefficient (Wildman–Crippen LogP) is -0.257. The standard InChI is InChI=1S/C8H14N2O2/c1-6(11)10(2)5-8(12)9-7-3-4-7/h7H,3-5H2,1-2H3,(H,9,12). The fourth-order valence-electron chi connectivity index (χ4n) is 0.828. The van der Waals surface area contributed by atoms with E-state index in [4.69, 9.17) is 0 Å².